The Morgan fingerprint density at radius 2 is 1.69 bits per heavy atom. The maximum Gasteiger partial charge on any atom is 0.338 e. The van der Waals surface area contributed by atoms with Crippen LogP contribution in [0.2, 0.25) is 0 Å². The number of benzene rings is 4. The highest BCUT2D eigenvalue weighted by atomic mass is 16.5. The van der Waals surface area contributed by atoms with E-state index in [0.29, 0.717) is 24.7 Å². The van der Waals surface area contributed by atoms with E-state index in [2.05, 4.69) is 72.0 Å². The van der Waals surface area contributed by atoms with Crippen LogP contribution in [0.5, 0.6) is 0 Å². The molecule has 1 aliphatic rings. The number of carbonyl (C=O) groups excluding carboxylic acids is 1. The van der Waals surface area contributed by atoms with Gasteiger partial charge in [-0.3, -0.25) is 0 Å². The smallest absolute Gasteiger partial charge is 0.338 e. The summed E-state index contributed by atoms with van der Waals surface area (Å²) >= 11 is 0. The van der Waals surface area contributed by atoms with Crippen molar-refractivity contribution in [1.29, 1.82) is 0 Å². The van der Waals surface area contributed by atoms with Gasteiger partial charge in [0.2, 0.25) is 0 Å². The van der Waals surface area contributed by atoms with Gasteiger partial charge in [0.15, 0.2) is 0 Å². The fourth-order valence-electron chi connectivity index (χ4n) is 4.91. The van der Waals surface area contributed by atoms with Crippen molar-refractivity contribution in [2.24, 2.45) is 0 Å². The van der Waals surface area contributed by atoms with Crippen LogP contribution in [0, 0.1) is 0 Å². The molecular weight excluding hydrogens is 434 g/mol. The Hall–Kier alpha value is -3.47. The zero-order valence-electron chi connectivity index (χ0n) is 20.1. The topological polar surface area (TPSA) is 47.6 Å². The van der Waals surface area contributed by atoms with Crippen molar-refractivity contribution < 1.29 is 14.3 Å². The molecular formula is C31H31NO3. The van der Waals surface area contributed by atoms with Gasteiger partial charge < -0.3 is 14.8 Å². The average molecular weight is 466 g/mol. The molecule has 35 heavy (non-hydrogen) atoms. The lowest BCUT2D eigenvalue weighted by Gasteiger charge is -2.33. The summed E-state index contributed by atoms with van der Waals surface area (Å²) in [7, 11) is 0. The third-order valence-electron chi connectivity index (χ3n) is 6.73. The molecule has 0 aromatic heterocycles. The molecule has 1 fully saturated rings. The zero-order valence-corrected chi connectivity index (χ0v) is 20.1. The second kappa shape index (κ2) is 10.9. The van der Waals surface area contributed by atoms with Crippen LogP contribution in [0.1, 0.15) is 40.7 Å². The minimum atomic E-state index is -0.286. The van der Waals surface area contributed by atoms with Crippen molar-refractivity contribution in [3.05, 3.63) is 108 Å². The van der Waals surface area contributed by atoms with Gasteiger partial charge in [0.05, 0.1) is 24.9 Å². The Labute approximate surface area is 206 Å². The second-order valence-corrected chi connectivity index (χ2v) is 9.06. The van der Waals surface area contributed by atoms with Gasteiger partial charge in [0.1, 0.15) is 0 Å². The lowest BCUT2D eigenvalue weighted by atomic mass is 9.86. The standard InChI is InChI=1S/C31H31NO3/c1-2-34-31(33)28-12-6-10-26(19-28)25-9-5-11-27(18-25)29-15-16-32-20-30(29)35-21-22-13-14-23-7-3-4-8-24(23)17-22/h3-14,17-19,29-30,32H,2,15-16,20-21H2,1H3. The zero-order chi connectivity index (χ0) is 24.0. The first kappa shape index (κ1) is 23.3. The predicted molar refractivity (Wildman–Crippen MR) is 141 cm³/mol. The fraction of sp³-hybridized carbons (Fsp3) is 0.258. The Kier molecular flexibility index (Phi) is 7.22. The molecule has 4 nitrogen and oxygen atoms in total. The first-order chi connectivity index (χ1) is 17.2. The summed E-state index contributed by atoms with van der Waals surface area (Å²) in [5.74, 6) is 0.0240. The average Bonchev–Trinajstić information content (AvgIpc) is 2.92. The molecule has 4 heteroatoms. The molecule has 1 heterocycles. The first-order valence-corrected chi connectivity index (χ1v) is 12.4. The summed E-state index contributed by atoms with van der Waals surface area (Å²) in [6.07, 6.45) is 1.12. The number of ether oxygens (including phenoxy) is 2. The van der Waals surface area contributed by atoms with Crippen LogP contribution >= 0.6 is 0 Å². The summed E-state index contributed by atoms with van der Waals surface area (Å²) < 4.78 is 11.7. The van der Waals surface area contributed by atoms with Crippen LogP contribution in [-0.4, -0.2) is 31.8 Å². The van der Waals surface area contributed by atoms with Gasteiger partial charge in [-0.2, -0.15) is 0 Å². The molecule has 0 bridgehead atoms. The molecule has 0 amide bonds. The number of fused-ring (bicyclic) bond motifs is 1. The number of piperidine rings is 1. The summed E-state index contributed by atoms with van der Waals surface area (Å²) in [6, 6.07) is 31.3. The molecule has 0 radical (unpaired) electrons. The second-order valence-electron chi connectivity index (χ2n) is 9.06. The van der Waals surface area contributed by atoms with E-state index < -0.39 is 0 Å². The summed E-state index contributed by atoms with van der Waals surface area (Å²) in [5, 5.41) is 5.99. The normalized spacial score (nSPS) is 17.9. The molecule has 4 aromatic carbocycles. The van der Waals surface area contributed by atoms with Gasteiger partial charge in [0.25, 0.3) is 0 Å². The van der Waals surface area contributed by atoms with E-state index in [1.165, 1.54) is 21.9 Å². The lowest BCUT2D eigenvalue weighted by Crippen LogP contribution is -2.41. The van der Waals surface area contributed by atoms with Crippen LogP contribution in [0.15, 0.2) is 91.0 Å². The molecule has 1 N–H and O–H groups in total. The number of hydrogen-bond donors (Lipinski definition) is 1. The predicted octanol–water partition coefficient (Wildman–Crippen LogP) is 6.35. The van der Waals surface area contributed by atoms with Gasteiger partial charge in [-0.1, -0.05) is 72.8 Å². The number of carbonyl (C=O) groups is 1. The Balaban J connectivity index is 1.34. The summed E-state index contributed by atoms with van der Waals surface area (Å²) in [6.45, 7) is 4.59. The van der Waals surface area contributed by atoms with Crippen molar-refractivity contribution in [2.45, 2.75) is 32.0 Å². The van der Waals surface area contributed by atoms with Crippen LogP contribution in [0.25, 0.3) is 21.9 Å². The molecule has 1 aliphatic heterocycles. The molecule has 2 atom stereocenters. The highest BCUT2D eigenvalue weighted by Gasteiger charge is 2.27. The maximum absolute atomic E-state index is 12.2. The van der Waals surface area contributed by atoms with Crippen molar-refractivity contribution in [3.63, 3.8) is 0 Å². The van der Waals surface area contributed by atoms with Gasteiger partial charge >= 0.3 is 5.97 Å². The van der Waals surface area contributed by atoms with Crippen molar-refractivity contribution in [3.8, 4) is 11.1 Å². The highest BCUT2D eigenvalue weighted by molar-refractivity contribution is 5.91. The summed E-state index contributed by atoms with van der Waals surface area (Å²) in [4.78, 5) is 12.2. The molecule has 0 saturated carbocycles. The monoisotopic (exact) mass is 465 g/mol. The molecule has 5 rings (SSSR count). The molecule has 178 valence electrons. The van der Waals surface area contributed by atoms with Crippen LogP contribution in [0.3, 0.4) is 0 Å². The van der Waals surface area contributed by atoms with E-state index in [-0.39, 0.29) is 12.1 Å². The molecule has 1 saturated heterocycles. The fourth-order valence-corrected chi connectivity index (χ4v) is 4.91. The van der Waals surface area contributed by atoms with E-state index in [4.69, 9.17) is 9.47 Å². The van der Waals surface area contributed by atoms with Crippen LogP contribution in [0.4, 0.5) is 0 Å². The van der Waals surface area contributed by atoms with E-state index in [1.54, 1.807) is 6.07 Å². The minimum absolute atomic E-state index is 0.0938. The van der Waals surface area contributed by atoms with Crippen LogP contribution in [-0.2, 0) is 16.1 Å². The molecule has 0 aliphatic carbocycles. The van der Waals surface area contributed by atoms with Crippen molar-refractivity contribution in [2.75, 3.05) is 19.7 Å². The SMILES string of the molecule is CCOC(=O)c1cccc(-c2cccc(C3CCNCC3OCc3ccc4ccccc4c3)c2)c1. The van der Waals surface area contributed by atoms with Gasteiger partial charge in [-0.15, -0.1) is 0 Å². The quantitative estimate of drug-likeness (QED) is 0.323. The van der Waals surface area contributed by atoms with Gasteiger partial charge in [-0.25, -0.2) is 4.79 Å². The number of nitrogens with one attached hydrogen (secondary N) is 1. The van der Waals surface area contributed by atoms with Crippen molar-refractivity contribution in [1.82, 2.24) is 5.32 Å². The highest BCUT2D eigenvalue weighted by Crippen LogP contribution is 2.32. The number of hydrogen-bond acceptors (Lipinski definition) is 4. The van der Waals surface area contributed by atoms with Gasteiger partial charge in [0, 0.05) is 12.5 Å². The third-order valence-corrected chi connectivity index (χ3v) is 6.73. The van der Waals surface area contributed by atoms with Crippen molar-refractivity contribution >= 4 is 16.7 Å². The number of rotatable bonds is 7. The van der Waals surface area contributed by atoms with E-state index in [1.807, 2.05) is 25.1 Å². The Bertz CT molecular complexity index is 1320. The maximum atomic E-state index is 12.2. The Morgan fingerprint density at radius 3 is 2.54 bits per heavy atom. The molecule has 4 aromatic rings. The largest absolute Gasteiger partial charge is 0.462 e. The molecule has 2 unspecified atom stereocenters. The van der Waals surface area contributed by atoms with E-state index in [0.717, 1.165) is 30.6 Å². The third kappa shape index (κ3) is 5.45. The first-order valence-electron chi connectivity index (χ1n) is 12.4. The minimum Gasteiger partial charge on any atom is -0.462 e. The lowest BCUT2D eigenvalue weighted by molar-refractivity contribution is 0.0107. The van der Waals surface area contributed by atoms with Gasteiger partial charge in [-0.05, 0) is 71.1 Å². The Morgan fingerprint density at radius 1 is 0.886 bits per heavy atom. The summed E-state index contributed by atoms with van der Waals surface area (Å²) in [5.41, 5.74) is 5.15. The number of esters is 1. The van der Waals surface area contributed by atoms with E-state index >= 15 is 0 Å². The van der Waals surface area contributed by atoms with Crippen LogP contribution < -0.4 is 5.32 Å². The molecule has 0 spiro atoms. The van der Waals surface area contributed by atoms with E-state index in [9.17, 15) is 4.79 Å².